The summed E-state index contributed by atoms with van der Waals surface area (Å²) in [5.41, 5.74) is 0.643. The van der Waals surface area contributed by atoms with Crippen LogP contribution in [0.1, 0.15) is 31.9 Å². The number of carbonyl (C=O) groups excluding carboxylic acids is 1. The van der Waals surface area contributed by atoms with Crippen molar-refractivity contribution in [1.82, 2.24) is 0 Å². The molecule has 6 heteroatoms. The molecule has 2 aromatic carbocycles. The molecule has 0 atom stereocenters. The molecule has 0 saturated carbocycles. The Morgan fingerprint density at radius 2 is 1.72 bits per heavy atom. The first-order chi connectivity index (χ1) is 11.6. The Hall–Kier alpha value is -2.50. The third-order valence-electron chi connectivity index (χ3n) is 3.54. The highest BCUT2D eigenvalue weighted by Crippen LogP contribution is 2.31. The molecular formula is C19H20F3NO2. The van der Waals surface area contributed by atoms with Crippen molar-refractivity contribution in [3.63, 3.8) is 0 Å². The molecule has 1 amide bonds. The predicted octanol–water partition coefficient (Wildman–Crippen LogP) is 5.02. The van der Waals surface area contributed by atoms with Crippen LogP contribution in [0.25, 0.3) is 0 Å². The molecule has 0 spiro atoms. The highest BCUT2D eigenvalue weighted by Gasteiger charge is 2.30. The Balaban J connectivity index is 2.03. The summed E-state index contributed by atoms with van der Waals surface area (Å²) in [6.45, 7) is 5.70. The number of rotatable bonds is 4. The molecule has 0 fully saturated rings. The second kappa shape index (κ2) is 7.17. The van der Waals surface area contributed by atoms with E-state index in [2.05, 4.69) is 5.32 Å². The summed E-state index contributed by atoms with van der Waals surface area (Å²) in [7, 11) is 0. The number of nitrogens with one attached hydrogen (secondary N) is 1. The molecule has 0 aliphatic carbocycles. The third kappa shape index (κ3) is 5.24. The van der Waals surface area contributed by atoms with Gasteiger partial charge in [0, 0.05) is 5.69 Å². The number of halogens is 3. The van der Waals surface area contributed by atoms with Gasteiger partial charge in [-0.15, -0.1) is 0 Å². The molecule has 0 aromatic heterocycles. The van der Waals surface area contributed by atoms with Crippen LogP contribution in [0.2, 0.25) is 0 Å². The van der Waals surface area contributed by atoms with Crippen LogP contribution in [0.3, 0.4) is 0 Å². The number of ether oxygens (including phenoxy) is 1. The van der Waals surface area contributed by atoms with Crippen molar-refractivity contribution in [1.29, 1.82) is 0 Å². The fourth-order valence-corrected chi connectivity index (χ4v) is 2.34. The lowest BCUT2D eigenvalue weighted by Gasteiger charge is -2.23. The van der Waals surface area contributed by atoms with Crippen molar-refractivity contribution in [2.45, 2.75) is 32.4 Å². The van der Waals surface area contributed by atoms with Gasteiger partial charge in [-0.1, -0.05) is 45.0 Å². The number of carbonyl (C=O) groups is 1. The van der Waals surface area contributed by atoms with Crippen molar-refractivity contribution in [2.24, 2.45) is 0 Å². The standard InChI is InChI=1S/C19H20F3NO2/c1-18(2,3)15-9-4-5-10-16(15)23-17(24)12-25-14-8-6-7-13(11-14)19(20,21)22/h4-11H,12H2,1-3H3,(H,23,24). The molecule has 2 rings (SSSR count). The van der Waals surface area contributed by atoms with Gasteiger partial charge in [0.1, 0.15) is 5.75 Å². The molecule has 0 heterocycles. The summed E-state index contributed by atoms with van der Waals surface area (Å²) in [6.07, 6.45) is -4.45. The number of hydrogen-bond donors (Lipinski definition) is 1. The molecule has 0 aliphatic heterocycles. The van der Waals surface area contributed by atoms with Gasteiger partial charge in [-0.2, -0.15) is 13.2 Å². The van der Waals surface area contributed by atoms with Crippen LogP contribution < -0.4 is 10.1 Å². The number of benzene rings is 2. The van der Waals surface area contributed by atoms with Gasteiger partial charge in [-0.25, -0.2) is 0 Å². The molecule has 0 saturated heterocycles. The molecule has 3 nitrogen and oxygen atoms in total. The average molecular weight is 351 g/mol. The van der Waals surface area contributed by atoms with Crippen LogP contribution in [0, 0.1) is 0 Å². The zero-order chi connectivity index (χ0) is 18.7. The fourth-order valence-electron chi connectivity index (χ4n) is 2.34. The quantitative estimate of drug-likeness (QED) is 0.840. The molecule has 0 bridgehead atoms. The van der Waals surface area contributed by atoms with Gasteiger partial charge in [-0.3, -0.25) is 4.79 Å². The first-order valence-electron chi connectivity index (χ1n) is 7.77. The first kappa shape index (κ1) is 18.8. The van der Waals surface area contributed by atoms with E-state index in [9.17, 15) is 18.0 Å². The average Bonchev–Trinajstić information content (AvgIpc) is 2.52. The highest BCUT2D eigenvalue weighted by atomic mass is 19.4. The van der Waals surface area contributed by atoms with E-state index >= 15 is 0 Å². The second-order valence-electron chi connectivity index (χ2n) is 6.66. The van der Waals surface area contributed by atoms with E-state index in [0.29, 0.717) is 5.69 Å². The van der Waals surface area contributed by atoms with E-state index in [4.69, 9.17) is 4.74 Å². The van der Waals surface area contributed by atoms with Gasteiger partial charge >= 0.3 is 6.18 Å². The minimum Gasteiger partial charge on any atom is -0.484 e. The molecule has 0 aliphatic rings. The van der Waals surface area contributed by atoms with Gasteiger partial charge in [0.25, 0.3) is 5.91 Å². The maximum absolute atomic E-state index is 12.7. The van der Waals surface area contributed by atoms with E-state index in [1.54, 1.807) is 12.1 Å². The summed E-state index contributed by atoms with van der Waals surface area (Å²) >= 11 is 0. The SMILES string of the molecule is CC(C)(C)c1ccccc1NC(=O)COc1cccc(C(F)(F)F)c1. The third-order valence-corrected chi connectivity index (χ3v) is 3.54. The number of amides is 1. The van der Waals surface area contributed by atoms with Crippen LogP contribution in [0.5, 0.6) is 5.75 Å². The van der Waals surface area contributed by atoms with Crippen LogP contribution in [0.4, 0.5) is 18.9 Å². The summed E-state index contributed by atoms with van der Waals surface area (Å²) in [5.74, 6) is -0.441. The zero-order valence-electron chi connectivity index (χ0n) is 14.3. The molecule has 134 valence electrons. The predicted molar refractivity (Wildman–Crippen MR) is 90.7 cm³/mol. The normalized spacial score (nSPS) is 11.9. The molecular weight excluding hydrogens is 331 g/mol. The van der Waals surface area contributed by atoms with Crippen molar-refractivity contribution in [3.05, 3.63) is 59.7 Å². The maximum atomic E-state index is 12.7. The molecule has 2 aromatic rings. The summed E-state index contributed by atoms with van der Waals surface area (Å²) in [6, 6.07) is 11.8. The molecule has 1 N–H and O–H groups in total. The van der Waals surface area contributed by atoms with E-state index in [0.717, 1.165) is 17.7 Å². The Kier molecular flexibility index (Phi) is 5.40. The van der Waals surface area contributed by atoms with Crippen molar-refractivity contribution < 1.29 is 22.7 Å². The Bertz CT molecular complexity index is 749. The lowest BCUT2D eigenvalue weighted by molar-refractivity contribution is -0.137. The first-order valence-corrected chi connectivity index (χ1v) is 7.77. The van der Waals surface area contributed by atoms with Gasteiger partial charge in [0.2, 0.25) is 0 Å². The lowest BCUT2D eigenvalue weighted by Crippen LogP contribution is -2.23. The van der Waals surface area contributed by atoms with E-state index in [1.165, 1.54) is 12.1 Å². The van der Waals surface area contributed by atoms with Gasteiger partial charge in [0.05, 0.1) is 5.56 Å². The minimum absolute atomic E-state index is 0.00548. The van der Waals surface area contributed by atoms with Crippen LogP contribution in [0.15, 0.2) is 48.5 Å². The van der Waals surface area contributed by atoms with Crippen molar-refractivity contribution >= 4 is 11.6 Å². The summed E-state index contributed by atoms with van der Waals surface area (Å²) in [5, 5.41) is 2.75. The summed E-state index contributed by atoms with van der Waals surface area (Å²) in [4.78, 5) is 12.1. The van der Waals surface area contributed by atoms with Gasteiger partial charge in [-0.05, 0) is 35.2 Å². The maximum Gasteiger partial charge on any atom is 0.416 e. The Labute approximate surface area is 144 Å². The number of para-hydroxylation sites is 1. The van der Waals surface area contributed by atoms with Crippen LogP contribution in [-0.4, -0.2) is 12.5 Å². The Morgan fingerprint density at radius 1 is 1.04 bits per heavy atom. The number of alkyl halides is 3. The van der Waals surface area contributed by atoms with Gasteiger partial charge in [0.15, 0.2) is 6.61 Å². The van der Waals surface area contributed by atoms with Crippen molar-refractivity contribution in [2.75, 3.05) is 11.9 Å². The van der Waals surface area contributed by atoms with Gasteiger partial charge < -0.3 is 10.1 Å². The fraction of sp³-hybridized carbons (Fsp3) is 0.316. The lowest BCUT2D eigenvalue weighted by atomic mass is 9.86. The monoisotopic (exact) mass is 351 g/mol. The number of hydrogen-bond acceptors (Lipinski definition) is 2. The molecule has 25 heavy (non-hydrogen) atoms. The Morgan fingerprint density at radius 3 is 2.36 bits per heavy atom. The van der Waals surface area contributed by atoms with Crippen LogP contribution in [-0.2, 0) is 16.4 Å². The largest absolute Gasteiger partial charge is 0.484 e. The molecule has 0 unspecified atom stereocenters. The smallest absolute Gasteiger partial charge is 0.416 e. The van der Waals surface area contributed by atoms with E-state index in [-0.39, 0.29) is 17.8 Å². The second-order valence-corrected chi connectivity index (χ2v) is 6.66. The molecule has 0 radical (unpaired) electrons. The minimum atomic E-state index is -4.45. The highest BCUT2D eigenvalue weighted by molar-refractivity contribution is 5.92. The van der Waals surface area contributed by atoms with Crippen LogP contribution >= 0.6 is 0 Å². The van der Waals surface area contributed by atoms with E-state index < -0.39 is 17.6 Å². The zero-order valence-corrected chi connectivity index (χ0v) is 14.3. The van der Waals surface area contributed by atoms with Crippen molar-refractivity contribution in [3.8, 4) is 5.75 Å². The van der Waals surface area contributed by atoms with E-state index in [1.807, 2.05) is 32.9 Å². The topological polar surface area (TPSA) is 38.3 Å². The summed E-state index contributed by atoms with van der Waals surface area (Å²) < 4.78 is 43.2. The number of anilines is 1.